The van der Waals surface area contributed by atoms with Crippen molar-refractivity contribution >= 4 is 17.5 Å². The Balaban J connectivity index is 2.18. The molecular weight excluding hydrogens is 278 g/mol. The number of carbonyl (C=O) groups excluding carboxylic acids is 1. The molecule has 0 saturated carbocycles. The molecule has 1 atom stereocenters. The lowest BCUT2D eigenvalue weighted by Crippen LogP contribution is -2.57. The summed E-state index contributed by atoms with van der Waals surface area (Å²) >= 11 is 6.38. The highest BCUT2D eigenvalue weighted by Crippen LogP contribution is 2.23. The molecule has 0 radical (unpaired) electrons. The summed E-state index contributed by atoms with van der Waals surface area (Å²) in [7, 11) is 3.57. The van der Waals surface area contributed by atoms with E-state index in [9.17, 15) is 4.79 Å². The van der Waals surface area contributed by atoms with Gasteiger partial charge in [0.05, 0.1) is 16.4 Å². The fourth-order valence-electron chi connectivity index (χ4n) is 2.54. The van der Waals surface area contributed by atoms with E-state index in [-0.39, 0.29) is 11.9 Å². The predicted molar refractivity (Wildman–Crippen MR) is 78.7 cm³/mol. The van der Waals surface area contributed by atoms with E-state index in [1.54, 1.807) is 7.05 Å². The molecule has 1 saturated heterocycles. The first-order valence-corrected chi connectivity index (χ1v) is 7.32. The van der Waals surface area contributed by atoms with Gasteiger partial charge in [-0.25, -0.2) is 0 Å². The van der Waals surface area contributed by atoms with Crippen LogP contribution in [0.3, 0.4) is 0 Å². The van der Waals surface area contributed by atoms with Gasteiger partial charge in [0, 0.05) is 40.3 Å². The molecule has 1 aromatic rings. The van der Waals surface area contributed by atoms with Gasteiger partial charge < -0.3 is 10.6 Å². The lowest BCUT2D eigenvalue weighted by molar-refractivity contribution is -0.126. The second kappa shape index (κ2) is 6.56. The van der Waals surface area contributed by atoms with Crippen LogP contribution in [-0.4, -0.2) is 53.3 Å². The third-order valence-electron chi connectivity index (χ3n) is 3.76. The van der Waals surface area contributed by atoms with E-state index in [1.807, 2.05) is 18.7 Å². The highest BCUT2D eigenvalue weighted by atomic mass is 35.5. The molecule has 1 fully saturated rings. The zero-order chi connectivity index (χ0) is 14.7. The van der Waals surface area contributed by atoms with Crippen LogP contribution in [0.2, 0.25) is 5.02 Å². The molecule has 0 aliphatic carbocycles. The minimum atomic E-state index is -0.162. The van der Waals surface area contributed by atoms with Gasteiger partial charge in [-0.05, 0) is 6.42 Å². The number of amides is 1. The van der Waals surface area contributed by atoms with Crippen LogP contribution in [0.15, 0.2) is 0 Å². The summed E-state index contributed by atoms with van der Waals surface area (Å²) in [6.07, 6.45) is 0.813. The van der Waals surface area contributed by atoms with Crippen LogP contribution in [0.4, 0.5) is 0 Å². The van der Waals surface area contributed by atoms with Crippen molar-refractivity contribution in [3.8, 4) is 0 Å². The summed E-state index contributed by atoms with van der Waals surface area (Å²) in [5.74, 6) is 0.0335. The van der Waals surface area contributed by atoms with Crippen LogP contribution in [0, 0.1) is 0 Å². The Bertz CT molecular complexity index is 487. The average Bonchev–Trinajstić information content (AvgIpc) is 2.74. The lowest BCUT2D eigenvalue weighted by Gasteiger charge is -2.34. The molecule has 1 aliphatic rings. The van der Waals surface area contributed by atoms with Gasteiger partial charge in [0.2, 0.25) is 5.91 Å². The summed E-state index contributed by atoms with van der Waals surface area (Å²) in [5, 5.41) is 11.1. The molecule has 20 heavy (non-hydrogen) atoms. The van der Waals surface area contributed by atoms with Crippen molar-refractivity contribution in [1.29, 1.82) is 0 Å². The number of hydrogen-bond donors (Lipinski definition) is 2. The quantitative estimate of drug-likeness (QED) is 0.831. The normalized spacial score (nSPS) is 20.1. The molecule has 7 heteroatoms. The number of rotatable bonds is 4. The second-order valence-electron chi connectivity index (χ2n) is 4.99. The van der Waals surface area contributed by atoms with E-state index < -0.39 is 0 Å². The van der Waals surface area contributed by atoms with Gasteiger partial charge in [0.25, 0.3) is 0 Å². The Hall–Kier alpha value is -1.11. The molecule has 1 amide bonds. The minimum Gasteiger partial charge on any atom is -0.358 e. The maximum absolute atomic E-state index is 12.0. The lowest BCUT2D eigenvalue weighted by atomic mass is 10.1. The Kier molecular flexibility index (Phi) is 5.01. The number of carbonyl (C=O) groups is 1. The van der Waals surface area contributed by atoms with Crippen LogP contribution < -0.4 is 10.6 Å². The van der Waals surface area contributed by atoms with Crippen molar-refractivity contribution in [3.05, 3.63) is 16.4 Å². The fraction of sp³-hybridized carbons (Fsp3) is 0.692. The molecule has 1 aromatic heterocycles. The maximum atomic E-state index is 12.0. The van der Waals surface area contributed by atoms with Crippen LogP contribution in [0.5, 0.6) is 0 Å². The summed E-state index contributed by atoms with van der Waals surface area (Å²) in [6.45, 7) is 5.04. The van der Waals surface area contributed by atoms with Gasteiger partial charge >= 0.3 is 0 Å². The standard InChI is InChI=1S/C13H22ClN5O/c1-4-9-12(14)11(18(3)17-9)8-19-6-5-16-7-10(19)13(20)15-2/h10,16H,4-8H2,1-3H3,(H,15,20). The fourth-order valence-corrected chi connectivity index (χ4v) is 2.90. The van der Waals surface area contributed by atoms with E-state index in [0.29, 0.717) is 13.1 Å². The largest absolute Gasteiger partial charge is 0.358 e. The van der Waals surface area contributed by atoms with Gasteiger partial charge in [-0.2, -0.15) is 5.10 Å². The van der Waals surface area contributed by atoms with E-state index in [1.165, 1.54) is 0 Å². The van der Waals surface area contributed by atoms with Crippen LogP contribution in [0.1, 0.15) is 18.3 Å². The topological polar surface area (TPSA) is 62.2 Å². The van der Waals surface area contributed by atoms with Crippen LogP contribution in [0.25, 0.3) is 0 Å². The molecule has 0 bridgehead atoms. The monoisotopic (exact) mass is 299 g/mol. The number of nitrogens with one attached hydrogen (secondary N) is 2. The molecule has 0 spiro atoms. The van der Waals surface area contributed by atoms with Crippen molar-refractivity contribution < 1.29 is 4.79 Å². The highest BCUT2D eigenvalue weighted by molar-refractivity contribution is 6.31. The first-order chi connectivity index (χ1) is 9.58. The van der Waals surface area contributed by atoms with E-state index in [4.69, 9.17) is 11.6 Å². The summed E-state index contributed by atoms with van der Waals surface area (Å²) < 4.78 is 1.82. The van der Waals surface area contributed by atoms with Crippen molar-refractivity contribution in [3.63, 3.8) is 0 Å². The molecule has 112 valence electrons. The molecule has 2 N–H and O–H groups in total. The number of piperazine rings is 1. The van der Waals surface area contributed by atoms with Crippen molar-refractivity contribution in [2.24, 2.45) is 7.05 Å². The summed E-state index contributed by atoms with van der Waals surface area (Å²) in [4.78, 5) is 14.1. The van der Waals surface area contributed by atoms with E-state index in [0.717, 1.165) is 35.9 Å². The molecule has 2 rings (SSSR count). The zero-order valence-corrected chi connectivity index (χ0v) is 13.0. The first kappa shape index (κ1) is 15.3. The SMILES string of the molecule is CCc1nn(C)c(CN2CCNCC2C(=O)NC)c1Cl. The average molecular weight is 300 g/mol. The van der Waals surface area contributed by atoms with Gasteiger partial charge in [0.1, 0.15) is 6.04 Å². The number of aromatic nitrogens is 2. The van der Waals surface area contributed by atoms with Crippen molar-refractivity contribution in [1.82, 2.24) is 25.3 Å². The molecular formula is C13H22ClN5O. The Labute approximate surface area is 124 Å². The van der Waals surface area contributed by atoms with E-state index >= 15 is 0 Å². The number of nitrogens with zero attached hydrogens (tertiary/aromatic N) is 3. The molecule has 6 nitrogen and oxygen atoms in total. The van der Waals surface area contributed by atoms with Crippen LogP contribution in [-0.2, 0) is 24.8 Å². The predicted octanol–water partition coefficient (Wildman–Crippen LogP) is 0.156. The number of aryl methyl sites for hydroxylation is 2. The van der Waals surface area contributed by atoms with Gasteiger partial charge in [-0.3, -0.25) is 14.4 Å². The van der Waals surface area contributed by atoms with Crippen molar-refractivity contribution in [2.45, 2.75) is 25.9 Å². The Morgan fingerprint density at radius 1 is 1.60 bits per heavy atom. The summed E-state index contributed by atoms with van der Waals surface area (Å²) in [6, 6.07) is -0.162. The second-order valence-corrected chi connectivity index (χ2v) is 5.37. The van der Waals surface area contributed by atoms with Gasteiger partial charge in [-0.1, -0.05) is 18.5 Å². The number of halogens is 1. The molecule has 1 aliphatic heterocycles. The molecule has 2 heterocycles. The third-order valence-corrected chi connectivity index (χ3v) is 4.20. The van der Waals surface area contributed by atoms with Gasteiger partial charge in [0.15, 0.2) is 0 Å². The number of likely N-dealkylation sites (N-methyl/N-ethyl adjacent to an activating group) is 1. The van der Waals surface area contributed by atoms with E-state index in [2.05, 4.69) is 20.6 Å². The molecule has 0 aromatic carbocycles. The zero-order valence-electron chi connectivity index (χ0n) is 12.2. The van der Waals surface area contributed by atoms with Gasteiger partial charge in [-0.15, -0.1) is 0 Å². The Morgan fingerprint density at radius 2 is 2.35 bits per heavy atom. The first-order valence-electron chi connectivity index (χ1n) is 6.95. The smallest absolute Gasteiger partial charge is 0.238 e. The third kappa shape index (κ3) is 2.97. The minimum absolute atomic E-state index is 0.0335. The molecule has 1 unspecified atom stereocenters. The Morgan fingerprint density at radius 3 is 2.95 bits per heavy atom. The van der Waals surface area contributed by atoms with Crippen molar-refractivity contribution in [2.75, 3.05) is 26.7 Å². The summed E-state index contributed by atoms with van der Waals surface area (Å²) in [5.41, 5.74) is 1.88. The number of hydrogen-bond acceptors (Lipinski definition) is 4. The maximum Gasteiger partial charge on any atom is 0.238 e. The van der Waals surface area contributed by atoms with Crippen LogP contribution >= 0.6 is 11.6 Å². The highest BCUT2D eigenvalue weighted by Gasteiger charge is 2.29.